The van der Waals surface area contributed by atoms with Crippen molar-refractivity contribution in [3.63, 3.8) is 0 Å². The summed E-state index contributed by atoms with van der Waals surface area (Å²) in [6.45, 7) is 1.23. The number of aliphatic hydroxyl groups is 1. The number of nitrogens with zero attached hydrogens (tertiary/aromatic N) is 2. The van der Waals surface area contributed by atoms with E-state index in [9.17, 15) is 9.90 Å². The lowest BCUT2D eigenvalue weighted by molar-refractivity contribution is -0.115. The summed E-state index contributed by atoms with van der Waals surface area (Å²) >= 11 is 0. The first-order valence-corrected chi connectivity index (χ1v) is 9.28. The summed E-state index contributed by atoms with van der Waals surface area (Å²) in [6.07, 6.45) is 5.57. The normalized spacial score (nSPS) is 11.3. The summed E-state index contributed by atoms with van der Waals surface area (Å²) in [6, 6.07) is 17.0. The van der Waals surface area contributed by atoms with Crippen LogP contribution in [-0.2, 0) is 17.6 Å². The Bertz CT molecular complexity index is 861. The first kappa shape index (κ1) is 22.5. The zero-order valence-corrected chi connectivity index (χ0v) is 16.8. The van der Waals surface area contributed by atoms with Crippen LogP contribution < -0.4 is 10.6 Å². The molecule has 0 aliphatic rings. The number of anilines is 1. The van der Waals surface area contributed by atoms with Gasteiger partial charge in [-0.05, 0) is 48.9 Å². The van der Waals surface area contributed by atoms with E-state index >= 15 is 0 Å². The zero-order valence-electron chi connectivity index (χ0n) is 16.0. The van der Waals surface area contributed by atoms with Crippen LogP contribution in [-0.4, -0.2) is 34.1 Å². The Kier molecular flexibility index (Phi) is 9.24. The number of carbonyl (C=O) groups excluding carboxylic acids is 1. The maximum atomic E-state index is 12.1. The number of rotatable bonds is 9. The van der Waals surface area contributed by atoms with Crippen LogP contribution in [0.3, 0.4) is 0 Å². The van der Waals surface area contributed by atoms with E-state index in [1.807, 2.05) is 54.6 Å². The molecule has 7 heteroatoms. The molecule has 1 amide bonds. The average molecular weight is 413 g/mol. The van der Waals surface area contributed by atoms with Gasteiger partial charge in [0, 0.05) is 42.1 Å². The highest BCUT2D eigenvalue weighted by atomic mass is 35.5. The molecule has 3 aromatic rings. The summed E-state index contributed by atoms with van der Waals surface area (Å²) in [5, 5.41) is 16.2. The van der Waals surface area contributed by atoms with Gasteiger partial charge >= 0.3 is 0 Å². The minimum absolute atomic E-state index is 0. The third-order valence-electron chi connectivity index (χ3n) is 4.30. The van der Waals surface area contributed by atoms with Gasteiger partial charge in [-0.2, -0.15) is 0 Å². The minimum atomic E-state index is -0.564. The van der Waals surface area contributed by atoms with Crippen molar-refractivity contribution in [1.82, 2.24) is 15.3 Å². The number of halogens is 1. The standard InChI is InChI=1S/C22H24N4O2.ClH/c27-21(18-4-3-11-23-15-18)16-24-13-10-17-6-8-19(9-7-17)26-22(28)14-20-5-1-2-12-25-20;/h1-9,11-12,15,21,24,27H,10,13-14,16H2,(H,26,28);1H. The summed E-state index contributed by atoms with van der Waals surface area (Å²) in [4.78, 5) is 20.2. The Morgan fingerprint density at radius 2 is 1.86 bits per heavy atom. The molecular weight excluding hydrogens is 388 g/mol. The van der Waals surface area contributed by atoms with Crippen molar-refractivity contribution >= 4 is 24.0 Å². The second-order valence-electron chi connectivity index (χ2n) is 6.50. The van der Waals surface area contributed by atoms with E-state index in [0.29, 0.717) is 6.54 Å². The Morgan fingerprint density at radius 3 is 2.55 bits per heavy atom. The molecule has 6 nitrogen and oxygen atoms in total. The molecule has 0 aliphatic carbocycles. The smallest absolute Gasteiger partial charge is 0.230 e. The van der Waals surface area contributed by atoms with Crippen LogP contribution in [0, 0.1) is 0 Å². The van der Waals surface area contributed by atoms with Gasteiger partial charge in [0.2, 0.25) is 5.91 Å². The molecule has 1 aromatic carbocycles. The Morgan fingerprint density at radius 1 is 1.03 bits per heavy atom. The monoisotopic (exact) mass is 412 g/mol. The fourth-order valence-electron chi connectivity index (χ4n) is 2.79. The van der Waals surface area contributed by atoms with E-state index < -0.39 is 6.10 Å². The number of amides is 1. The van der Waals surface area contributed by atoms with E-state index in [0.717, 1.165) is 35.5 Å². The first-order chi connectivity index (χ1) is 13.7. The lowest BCUT2D eigenvalue weighted by Crippen LogP contribution is -2.23. The van der Waals surface area contributed by atoms with E-state index in [2.05, 4.69) is 20.6 Å². The van der Waals surface area contributed by atoms with Crippen molar-refractivity contribution in [1.29, 1.82) is 0 Å². The lowest BCUT2D eigenvalue weighted by Gasteiger charge is -2.12. The van der Waals surface area contributed by atoms with Crippen molar-refractivity contribution in [2.24, 2.45) is 0 Å². The third-order valence-corrected chi connectivity index (χ3v) is 4.30. The van der Waals surface area contributed by atoms with Crippen LogP contribution in [0.4, 0.5) is 5.69 Å². The molecule has 0 radical (unpaired) electrons. The molecule has 0 fully saturated rings. The average Bonchev–Trinajstić information content (AvgIpc) is 2.73. The second kappa shape index (κ2) is 11.9. The summed E-state index contributed by atoms with van der Waals surface area (Å²) in [5.41, 5.74) is 3.48. The van der Waals surface area contributed by atoms with E-state index in [1.54, 1.807) is 18.6 Å². The van der Waals surface area contributed by atoms with Gasteiger partial charge < -0.3 is 15.7 Å². The fourth-order valence-corrected chi connectivity index (χ4v) is 2.79. The van der Waals surface area contributed by atoms with Crippen LogP contribution in [0.5, 0.6) is 0 Å². The summed E-state index contributed by atoms with van der Waals surface area (Å²) in [7, 11) is 0. The molecule has 1 atom stereocenters. The molecule has 0 aliphatic heterocycles. The third kappa shape index (κ3) is 7.62. The number of hydrogen-bond acceptors (Lipinski definition) is 5. The van der Waals surface area contributed by atoms with Crippen LogP contribution >= 0.6 is 12.4 Å². The molecular formula is C22H25ClN4O2. The highest BCUT2D eigenvalue weighted by Crippen LogP contribution is 2.11. The van der Waals surface area contributed by atoms with Crippen LogP contribution in [0.25, 0.3) is 0 Å². The predicted molar refractivity (Wildman–Crippen MR) is 116 cm³/mol. The van der Waals surface area contributed by atoms with E-state index in [1.165, 1.54) is 0 Å². The predicted octanol–water partition coefficient (Wildman–Crippen LogP) is 2.95. The van der Waals surface area contributed by atoms with Crippen molar-refractivity contribution in [2.75, 3.05) is 18.4 Å². The quantitative estimate of drug-likeness (QED) is 0.470. The number of nitrogens with one attached hydrogen (secondary N) is 2. The molecule has 3 N–H and O–H groups in total. The highest BCUT2D eigenvalue weighted by Gasteiger charge is 2.07. The van der Waals surface area contributed by atoms with Gasteiger partial charge in [0.15, 0.2) is 0 Å². The number of aromatic nitrogens is 2. The molecule has 3 rings (SSSR count). The Labute approximate surface area is 176 Å². The van der Waals surface area contributed by atoms with Crippen molar-refractivity contribution in [3.8, 4) is 0 Å². The second-order valence-corrected chi connectivity index (χ2v) is 6.50. The topological polar surface area (TPSA) is 87.1 Å². The molecule has 0 spiro atoms. The molecule has 2 heterocycles. The first-order valence-electron chi connectivity index (χ1n) is 9.28. The lowest BCUT2D eigenvalue weighted by atomic mass is 10.1. The van der Waals surface area contributed by atoms with Gasteiger partial charge in [-0.15, -0.1) is 12.4 Å². The van der Waals surface area contributed by atoms with Gasteiger partial charge in [-0.3, -0.25) is 14.8 Å². The number of hydrogen-bond donors (Lipinski definition) is 3. The number of aliphatic hydroxyl groups excluding tert-OH is 1. The number of carbonyl (C=O) groups is 1. The fraction of sp³-hybridized carbons (Fsp3) is 0.227. The highest BCUT2D eigenvalue weighted by molar-refractivity contribution is 5.92. The molecule has 152 valence electrons. The van der Waals surface area contributed by atoms with Crippen molar-refractivity contribution in [3.05, 3.63) is 90.0 Å². The molecule has 2 aromatic heterocycles. The maximum absolute atomic E-state index is 12.1. The van der Waals surface area contributed by atoms with Crippen LogP contribution in [0.15, 0.2) is 73.2 Å². The zero-order chi connectivity index (χ0) is 19.6. The van der Waals surface area contributed by atoms with Crippen LogP contribution in [0.1, 0.15) is 22.9 Å². The molecule has 1 unspecified atom stereocenters. The van der Waals surface area contributed by atoms with Crippen molar-refractivity contribution < 1.29 is 9.90 Å². The number of benzene rings is 1. The van der Waals surface area contributed by atoms with Gasteiger partial charge in [0.25, 0.3) is 0 Å². The van der Waals surface area contributed by atoms with E-state index in [4.69, 9.17) is 0 Å². The summed E-state index contributed by atoms with van der Waals surface area (Å²) in [5.74, 6) is -0.0856. The van der Waals surface area contributed by atoms with Gasteiger partial charge in [-0.1, -0.05) is 24.3 Å². The molecule has 0 saturated carbocycles. The SMILES string of the molecule is Cl.O=C(Cc1ccccn1)Nc1ccc(CCNCC(O)c2cccnc2)cc1. The largest absolute Gasteiger partial charge is 0.387 e. The summed E-state index contributed by atoms with van der Waals surface area (Å²) < 4.78 is 0. The van der Waals surface area contributed by atoms with Crippen molar-refractivity contribution in [2.45, 2.75) is 18.9 Å². The Balaban J connectivity index is 0.00000300. The molecule has 0 saturated heterocycles. The molecule has 0 bridgehead atoms. The van der Waals surface area contributed by atoms with Gasteiger partial charge in [0.1, 0.15) is 0 Å². The van der Waals surface area contributed by atoms with E-state index in [-0.39, 0.29) is 24.7 Å². The Hall–Kier alpha value is -2.80. The number of pyridine rings is 2. The molecule has 29 heavy (non-hydrogen) atoms. The van der Waals surface area contributed by atoms with Crippen LogP contribution in [0.2, 0.25) is 0 Å². The van der Waals surface area contributed by atoms with Gasteiger partial charge in [-0.25, -0.2) is 0 Å². The van der Waals surface area contributed by atoms with Gasteiger partial charge in [0.05, 0.1) is 12.5 Å². The minimum Gasteiger partial charge on any atom is -0.387 e. The maximum Gasteiger partial charge on any atom is 0.230 e.